The molecule has 1 aromatic heterocycles. The Kier molecular flexibility index (Phi) is 4.84. The van der Waals surface area contributed by atoms with E-state index in [4.69, 9.17) is 9.84 Å². The molecule has 1 unspecified atom stereocenters. The fourth-order valence-corrected chi connectivity index (χ4v) is 1.95. The summed E-state index contributed by atoms with van der Waals surface area (Å²) >= 11 is 0. The number of hydrogen-bond donors (Lipinski definition) is 2. The summed E-state index contributed by atoms with van der Waals surface area (Å²) < 4.78 is 5.62. The van der Waals surface area contributed by atoms with Gasteiger partial charge in [0.2, 0.25) is 0 Å². The lowest BCUT2D eigenvalue weighted by Gasteiger charge is -2.23. The summed E-state index contributed by atoms with van der Waals surface area (Å²) in [5, 5.41) is 12.1. The Bertz CT molecular complexity index is 433. The van der Waals surface area contributed by atoms with Crippen LogP contribution in [-0.4, -0.2) is 60.8 Å². The average Bonchev–Trinajstić information content (AvgIpc) is 2.48. The Morgan fingerprint density at radius 2 is 2.47 bits per heavy atom. The first-order valence-corrected chi connectivity index (χ1v) is 6.38. The van der Waals surface area contributed by atoms with Crippen molar-refractivity contribution in [1.82, 2.24) is 15.2 Å². The van der Waals surface area contributed by atoms with Gasteiger partial charge in [-0.05, 0) is 12.1 Å². The standard InChI is InChI=1S/C13H19N3O3/c1-16(6-7-17)13(18)11-4-2-3-10(15-11)12-9-14-5-8-19-12/h2-4,12,14,17H,5-9H2,1H3. The molecule has 19 heavy (non-hydrogen) atoms. The summed E-state index contributed by atoms with van der Waals surface area (Å²) in [6, 6.07) is 5.34. The number of likely N-dealkylation sites (N-methyl/N-ethyl adjacent to an activating group) is 1. The topological polar surface area (TPSA) is 74.7 Å². The smallest absolute Gasteiger partial charge is 0.272 e. The minimum atomic E-state index is -0.195. The molecule has 1 aliphatic heterocycles. The zero-order valence-corrected chi connectivity index (χ0v) is 11.0. The molecule has 6 nitrogen and oxygen atoms in total. The summed E-state index contributed by atoms with van der Waals surface area (Å²) in [7, 11) is 1.64. The summed E-state index contributed by atoms with van der Waals surface area (Å²) in [5.74, 6) is -0.195. The lowest BCUT2D eigenvalue weighted by molar-refractivity contribution is 0.0248. The predicted octanol–water partition coefficient (Wildman–Crippen LogP) is -0.193. The van der Waals surface area contributed by atoms with Crippen LogP contribution in [0.4, 0.5) is 0 Å². The number of amides is 1. The highest BCUT2D eigenvalue weighted by Gasteiger charge is 2.19. The molecular weight excluding hydrogens is 246 g/mol. The summed E-state index contributed by atoms with van der Waals surface area (Å²) in [4.78, 5) is 17.9. The number of aliphatic hydroxyl groups is 1. The first kappa shape index (κ1) is 13.9. The number of hydrogen-bond acceptors (Lipinski definition) is 5. The molecular formula is C13H19N3O3. The van der Waals surface area contributed by atoms with Crippen LogP contribution in [0.15, 0.2) is 18.2 Å². The normalized spacial score (nSPS) is 19.2. The zero-order chi connectivity index (χ0) is 13.7. The molecule has 0 radical (unpaired) electrons. The molecule has 0 saturated carbocycles. The minimum absolute atomic E-state index is 0.0579. The van der Waals surface area contributed by atoms with Gasteiger partial charge >= 0.3 is 0 Å². The second kappa shape index (κ2) is 6.60. The fraction of sp³-hybridized carbons (Fsp3) is 0.538. The van der Waals surface area contributed by atoms with Crippen molar-refractivity contribution in [2.75, 3.05) is 39.9 Å². The van der Waals surface area contributed by atoms with Gasteiger partial charge in [-0.3, -0.25) is 4.79 Å². The van der Waals surface area contributed by atoms with Crippen LogP contribution in [0.1, 0.15) is 22.3 Å². The van der Waals surface area contributed by atoms with Crippen LogP contribution in [0.3, 0.4) is 0 Å². The van der Waals surface area contributed by atoms with Crippen molar-refractivity contribution in [2.45, 2.75) is 6.10 Å². The van der Waals surface area contributed by atoms with Crippen LogP contribution in [-0.2, 0) is 4.74 Å². The highest BCUT2D eigenvalue weighted by molar-refractivity contribution is 5.92. The molecule has 1 fully saturated rings. The monoisotopic (exact) mass is 265 g/mol. The molecule has 6 heteroatoms. The van der Waals surface area contributed by atoms with Crippen molar-refractivity contribution in [1.29, 1.82) is 0 Å². The largest absolute Gasteiger partial charge is 0.395 e. The Hall–Kier alpha value is -1.50. The number of morpholine rings is 1. The molecule has 0 aliphatic carbocycles. The molecule has 1 amide bonds. The van der Waals surface area contributed by atoms with Crippen molar-refractivity contribution < 1.29 is 14.6 Å². The van der Waals surface area contributed by atoms with Crippen LogP contribution < -0.4 is 5.32 Å². The van der Waals surface area contributed by atoms with Gasteiger partial charge in [-0.1, -0.05) is 6.07 Å². The average molecular weight is 265 g/mol. The van der Waals surface area contributed by atoms with E-state index in [1.165, 1.54) is 4.90 Å². The lowest BCUT2D eigenvalue weighted by Crippen LogP contribution is -2.34. The summed E-state index contributed by atoms with van der Waals surface area (Å²) in [5.41, 5.74) is 1.14. The number of rotatable bonds is 4. The van der Waals surface area contributed by atoms with Gasteiger partial charge in [0.25, 0.3) is 5.91 Å². The Morgan fingerprint density at radius 1 is 1.63 bits per heavy atom. The number of carbonyl (C=O) groups is 1. The van der Waals surface area contributed by atoms with E-state index in [0.717, 1.165) is 12.2 Å². The van der Waals surface area contributed by atoms with Crippen LogP contribution in [0.25, 0.3) is 0 Å². The number of aromatic nitrogens is 1. The van der Waals surface area contributed by atoms with Crippen molar-refractivity contribution in [2.24, 2.45) is 0 Å². The molecule has 0 spiro atoms. The lowest BCUT2D eigenvalue weighted by atomic mass is 10.2. The van der Waals surface area contributed by atoms with Gasteiger partial charge in [0, 0.05) is 26.7 Å². The quantitative estimate of drug-likeness (QED) is 0.789. The third kappa shape index (κ3) is 3.50. The van der Waals surface area contributed by atoms with E-state index >= 15 is 0 Å². The third-order valence-corrected chi connectivity index (χ3v) is 3.03. The van der Waals surface area contributed by atoms with Crippen molar-refractivity contribution in [3.05, 3.63) is 29.6 Å². The molecule has 2 heterocycles. The fourth-order valence-electron chi connectivity index (χ4n) is 1.95. The van der Waals surface area contributed by atoms with Gasteiger partial charge in [0.1, 0.15) is 11.8 Å². The van der Waals surface area contributed by atoms with Crippen molar-refractivity contribution >= 4 is 5.91 Å². The van der Waals surface area contributed by atoms with E-state index in [2.05, 4.69) is 10.3 Å². The number of nitrogens with one attached hydrogen (secondary N) is 1. The van der Waals surface area contributed by atoms with E-state index in [1.807, 2.05) is 6.07 Å². The number of aliphatic hydroxyl groups excluding tert-OH is 1. The molecule has 1 aliphatic rings. The van der Waals surface area contributed by atoms with Crippen LogP contribution in [0.2, 0.25) is 0 Å². The van der Waals surface area contributed by atoms with E-state index in [0.29, 0.717) is 25.4 Å². The van der Waals surface area contributed by atoms with Gasteiger partial charge in [0.15, 0.2) is 0 Å². The number of pyridine rings is 1. The maximum Gasteiger partial charge on any atom is 0.272 e. The second-order valence-electron chi connectivity index (χ2n) is 4.46. The van der Waals surface area contributed by atoms with Crippen molar-refractivity contribution in [3.8, 4) is 0 Å². The van der Waals surface area contributed by atoms with Gasteiger partial charge in [-0.15, -0.1) is 0 Å². The van der Waals surface area contributed by atoms with Gasteiger partial charge in [-0.25, -0.2) is 4.98 Å². The molecule has 1 saturated heterocycles. The van der Waals surface area contributed by atoms with E-state index in [9.17, 15) is 4.79 Å². The highest BCUT2D eigenvalue weighted by Crippen LogP contribution is 2.17. The first-order valence-electron chi connectivity index (χ1n) is 6.38. The maximum atomic E-state index is 12.1. The van der Waals surface area contributed by atoms with Crippen molar-refractivity contribution in [3.63, 3.8) is 0 Å². The number of ether oxygens (including phenoxy) is 1. The molecule has 2 rings (SSSR count). The Labute approximate surface area is 112 Å². The molecule has 0 bridgehead atoms. The Balaban J connectivity index is 2.12. The second-order valence-corrected chi connectivity index (χ2v) is 4.46. The van der Waals surface area contributed by atoms with Crippen LogP contribution in [0, 0.1) is 0 Å². The SMILES string of the molecule is CN(CCO)C(=O)c1cccc(C2CNCCO2)n1. The molecule has 1 atom stereocenters. The Morgan fingerprint density at radius 3 is 3.16 bits per heavy atom. The molecule has 1 aromatic rings. The minimum Gasteiger partial charge on any atom is -0.395 e. The van der Waals surface area contributed by atoms with Gasteiger partial charge in [0.05, 0.1) is 18.9 Å². The summed E-state index contributed by atoms with van der Waals surface area (Å²) in [6.45, 7) is 2.43. The van der Waals surface area contributed by atoms with E-state index in [-0.39, 0.29) is 18.6 Å². The van der Waals surface area contributed by atoms with Gasteiger partial charge < -0.3 is 20.1 Å². The van der Waals surface area contributed by atoms with E-state index < -0.39 is 0 Å². The zero-order valence-electron chi connectivity index (χ0n) is 11.0. The molecule has 104 valence electrons. The van der Waals surface area contributed by atoms with Crippen LogP contribution >= 0.6 is 0 Å². The summed E-state index contributed by atoms with van der Waals surface area (Å²) in [6.07, 6.45) is -0.107. The highest BCUT2D eigenvalue weighted by atomic mass is 16.5. The van der Waals surface area contributed by atoms with E-state index in [1.54, 1.807) is 19.2 Å². The van der Waals surface area contributed by atoms with Crippen LogP contribution in [0.5, 0.6) is 0 Å². The molecule has 0 aromatic carbocycles. The van der Waals surface area contributed by atoms with Gasteiger partial charge in [-0.2, -0.15) is 0 Å². The molecule has 2 N–H and O–H groups in total. The predicted molar refractivity (Wildman–Crippen MR) is 69.8 cm³/mol. The maximum absolute atomic E-state index is 12.1. The number of nitrogens with zero attached hydrogens (tertiary/aromatic N) is 2. The first-order chi connectivity index (χ1) is 9.22. The third-order valence-electron chi connectivity index (χ3n) is 3.03. The number of carbonyl (C=O) groups excluding carboxylic acids is 1.